The predicted molar refractivity (Wildman–Crippen MR) is 136 cm³/mol. The van der Waals surface area contributed by atoms with Crippen LogP contribution in [0.2, 0.25) is 0 Å². The summed E-state index contributed by atoms with van der Waals surface area (Å²) in [7, 11) is 0. The Kier molecular flexibility index (Phi) is 5.33. The van der Waals surface area contributed by atoms with Gasteiger partial charge in [0.1, 0.15) is 11.3 Å². The molecule has 0 spiro atoms. The molecule has 1 atom stereocenters. The van der Waals surface area contributed by atoms with E-state index in [0.717, 1.165) is 21.4 Å². The van der Waals surface area contributed by atoms with Gasteiger partial charge in [-0.1, -0.05) is 54.6 Å². The van der Waals surface area contributed by atoms with E-state index in [1.54, 1.807) is 47.3 Å². The topological polar surface area (TPSA) is 88.5 Å². The summed E-state index contributed by atoms with van der Waals surface area (Å²) in [6.07, 6.45) is 9.51. The lowest BCUT2D eigenvalue weighted by atomic mass is 9.90. The van der Waals surface area contributed by atoms with Crippen LogP contribution in [0.5, 0.6) is 0 Å². The first-order valence-corrected chi connectivity index (χ1v) is 11.6. The number of nitrogens with zero attached hydrogens (tertiary/aromatic N) is 3. The van der Waals surface area contributed by atoms with Crippen LogP contribution < -0.4 is 11.2 Å². The highest BCUT2D eigenvalue weighted by Gasteiger charge is 2.21. The number of allylic oxidation sites excluding steroid dienone is 4. The molecule has 6 rings (SSSR count). The van der Waals surface area contributed by atoms with E-state index < -0.39 is 5.69 Å². The highest BCUT2D eigenvalue weighted by Crippen LogP contribution is 2.29. The summed E-state index contributed by atoms with van der Waals surface area (Å²) in [6, 6.07) is 18.4. The highest BCUT2D eigenvalue weighted by molar-refractivity contribution is 5.77. The molecule has 0 amide bonds. The fraction of sp³-hybridized carbons (Fsp3) is 0.107. The third-order valence-corrected chi connectivity index (χ3v) is 6.49. The van der Waals surface area contributed by atoms with Gasteiger partial charge in [0.05, 0.1) is 24.0 Å². The van der Waals surface area contributed by atoms with Gasteiger partial charge >= 0.3 is 5.69 Å². The number of aromatic nitrogens is 5. The number of benzene rings is 2. The Morgan fingerprint density at radius 2 is 1.78 bits per heavy atom. The van der Waals surface area contributed by atoms with E-state index in [0.29, 0.717) is 35.3 Å². The number of nitrogens with one attached hydrogen (secondary N) is 2. The molecule has 0 radical (unpaired) electrons. The molecular formula is C28H22FN5O2. The summed E-state index contributed by atoms with van der Waals surface area (Å²) < 4.78 is 16.9. The van der Waals surface area contributed by atoms with Gasteiger partial charge in [-0.05, 0) is 41.8 Å². The second kappa shape index (κ2) is 8.81. The zero-order chi connectivity index (χ0) is 24.6. The molecule has 3 aromatic heterocycles. The molecule has 0 fully saturated rings. The second-order valence-corrected chi connectivity index (χ2v) is 8.84. The summed E-state index contributed by atoms with van der Waals surface area (Å²) in [6.45, 7) is 0.333. The monoisotopic (exact) mass is 479 g/mol. The maximum absolute atomic E-state index is 14.1. The maximum Gasteiger partial charge on any atom is 0.333 e. The van der Waals surface area contributed by atoms with Crippen LogP contribution in [0.3, 0.4) is 0 Å². The Bertz CT molecular complexity index is 1750. The first-order chi connectivity index (χ1) is 17.6. The van der Waals surface area contributed by atoms with E-state index in [1.807, 2.05) is 42.6 Å². The maximum atomic E-state index is 14.1. The van der Waals surface area contributed by atoms with E-state index >= 15 is 0 Å². The Balaban J connectivity index is 1.36. The minimum atomic E-state index is -0.473. The average molecular weight is 480 g/mol. The lowest BCUT2D eigenvalue weighted by molar-refractivity contribution is 0.585. The number of H-pyrrole nitrogens is 2. The molecule has 2 N–H and O–H groups in total. The van der Waals surface area contributed by atoms with Gasteiger partial charge in [-0.25, -0.2) is 13.8 Å². The van der Waals surface area contributed by atoms with E-state index in [-0.39, 0.29) is 17.3 Å². The zero-order valence-corrected chi connectivity index (χ0v) is 19.2. The molecule has 0 saturated heterocycles. The van der Waals surface area contributed by atoms with Crippen molar-refractivity contribution in [3.8, 4) is 0 Å². The van der Waals surface area contributed by atoms with Gasteiger partial charge in [0, 0.05) is 23.4 Å². The van der Waals surface area contributed by atoms with Gasteiger partial charge in [-0.15, -0.1) is 0 Å². The van der Waals surface area contributed by atoms with Crippen molar-refractivity contribution in [1.82, 2.24) is 24.3 Å². The van der Waals surface area contributed by atoms with Crippen molar-refractivity contribution in [3.63, 3.8) is 0 Å². The summed E-state index contributed by atoms with van der Waals surface area (Å²) in [4.78, 5) is 31.8. The molecule has 1 aliphatic carbocycles. The minimum Gasteiger partial charge on any atom is -0.352 e. The second-order valence-electron chi connectivity index (χ2n) is 8.84. The molecule has 7 nitrogen and oxygen atoms in total. The normalized spacial score (nSPS) is 13.5. The van der Waals surface area contributed by atoms with Crippen LogP contribution in [0.15, 0.2) is 101 Å². The van der Waals surface area contributed by atoms with Crippen LogP contribution >= 0.6 is 0 Å². The number of rotatable bonds is 7. The molecule has 36 heavy (non-hydrogen) atoms. The van der Waals surface area contributed by atoms with Crippen LogP contribution in [0.4, 0.5) is 4.39 Å². The number of hydrogen-bond acceptors (Lipinski definition) is 3. The largest absolute Gasteiger partial charge is 0.352 e. The molecule has 0 aliphatic heterocycles. The Hall–Kier alpha value is -4.72. The summed E-state index contributed by atoms with van der Waals surface area (Å²) >= 11 is 0. The lowest BCUT2D eigenvalue weighted by Gasteiger charge is -2.15. The van der Waals surface area contributed by atoms with Gasteiger partial charge in [-0.2, -0.15) is 5.10 Å². The SMILES string of the molecule is O=c1[nH]c2cc(C(Cc3cnn(Cc4ccccc4F)c3)c3ccccc3)[nH]c2c(=O)n1C1=CC=C1. The fourth-order valence-corrected chi connectivity index (χ4v) is 4.60. The minimum absolute atomic E-state index is 0.121. The van der Waals surface area contributed by atoms with Crippen LogP contribution in [0, 0.1) is 5.82 Å². The fourth-order valence-electron chi connectivity index (χ4n) is 4.60. The molecule has 1 unspecified atom stereocenters. The van der Waals surface area contributed by atoms with E-state index in [1.165, 1.54) is 6.07 Å². The first-order valence-electron chi connectivity index (χ1n) is 11.6. The Morgan fingerprint density at radius 3 is 2.53 bits per heavy atom. The molecule has 0 saturated carbocycles. The van der Waals surface area contributed by atoms with Crippen LogP contribution in [0.1, 0.15) is 28.3 Å². The van der Waals surface area contributed by atoms with Gasteiger partial charge in [-0.3, -0.25) is 9.48 Å². The number of aromatic amines is 2. The molecule has 3 heterocycles. The molecule has 8 heteroatoms. The number of hydrogen-bond donors (Lipinski definition) is 2. The van der Waals surface area contributed by atoms with Crippen molar-refractivity contribution in [3.05, 3.63) is 140 Å². The molecule has 178 valence electrons. The van der Waals surface area contributed by atoms with Crippen LogP contribution in [0.25, 0.3) is 16.7 Å². The van der Waals surface area contributed by atoms with Crippen LogP contribution in [-0.2, 0) is 13.0 Å². The lowest BCUT2D eigenvalue weighted by Crippen LogP contribution is -2.34. The highest BCUT2D eigenvalue weighted by atomic mass is 19.1. The molecule has 2 aromatic carbocycles. The summed E-state index contributed by atoms with van der Waals surface area (Å²) in [5.74, 6) is -0.383. The van der Waals surface area contributed by atoms with Crippen molar-refractivity contribution >= 4 is 16.7 Å². The van der Waals surface area contributed by atoms with Crippen molar-refractivity contribution < 1.29 is 4.39 Å². The van der Waals surface area contributed by atoms with Gasteiger partial charge < -0.3 is 9.97 Å². The Morgan fingerprint density at radius 1 is 1.00 bits per heavy atom. The third kappa shape index (κ3) is 3.92. The van der Waals surface area contributed by atoms with Gasteiger partial charge in [0.15, 0.2) is 0 Å². The molecule has 0 bridgehead atoms. The molecule has 1 aliphatic rings. The number of fused-ring (bicyclic) bond motifs is 1. The average Bonchev–Trinajstić information content (AvgIpc) is 3.48. The van der Waals surface area contributed by atoms with Crippen molar-refractivity contribution in [2.75, 3.05) is 0 Å². The van der Waals surface area contributed by atoms with E-state index in [9.17, 15) is 14.0 Å². The summed E-state index contributed by atoms with van der Waals surface area (Å²) in [5, 5.41) is 4.43. The predicted octanol–water partition coefficient (Wildman–Crippen LogP) is 4.19. The Labute approximate surface area is 204 Å². The van der Waals surface area contributed by atoms with Crippen LogP contribution in [-0.4, -0.2) is 24.3 Å². The smallest absolute Gasteiger partial charge is 0.333 e. The third-order valence-electron chi connectivity index (χ3n) is 6.49. The molecular weight excluding hydrogens is 457 g/mol. The van der Waals surface area contributed by atoms with E-state index in [2.05, 4.69) is 15.1 Å². The van der Waals surface area contributed by atoms with Crippen molar-refractivity contribution in [2.45, 2.75) is 18.9 Å². The molecule has 5 aromatic rings. The van der Waals surface area contributed by atoms with E-state index in [4.69, 9.17) is 0 Å². The quantitative estimate of drug-likeness (QED) is 0.367. The first kappa shape index (κ1) is 21.8. The summed E-state index contributed by atoms with van der Waals surface area (Å²) in [5.41, 5.74) is 3.91. The zero-order valence-electron chi connectivity index (χ0n) is 19.2. The number of halogens is 1. The van der Waals surface area contributed by atoms with Crippen molar-refractivity contribution in [2.24, 2.45) is 0 Å². The van der Waals surface area contributed by atoms with Crippen molar-refractivity contribution in [1.29, 1.82) is 0 Å². The van der Waals surface area contributed by atoms with Gasteiger partial charge in [0.2, 0.25) is 0 Å². The standard InChI is InChI=1S/C28H22FN5O2/c29-23-12-5-4-9-20(23)17-33-16-18(15-30-33)13-22(19-7-2-1-3-8-19)24-14-25-26(31-24)27(35)34(28(36)32-25)21-10-6-11-21/h1-12,14-16,22,31H,13,17H2,(H,32,36). The van der Waals surface area contributed by atoms with Gasteiger partial charge in [0.25, 0.3) is 5.56 Å².